The van der Waals surface area contributed by atoms with Crippen molar-refractivity contribution in [1.29, 1.82) is 0 Å². The normalized spacial score (nSPS) is 18.8. The van der Waals surface area contributed by atoms with E-state index in [1.54, 1.807) is 29.4 Å². The van der Waals surface area contributed by atoms with Crippen molar-refractivity contribution in [1.82, 2.24) is 15.3 Å². The molecule has 1 saturated carbocycles. The molecule has 3 amide bonds. The third kappa shape index (κ3) is 3.94. The first-order valence-corrected chi connectivity index (χ1v) is 12.6. The molecule has 10 heteroatoms. The monoisotopic (exact) mass is 500 g/mol. The van der Waals surface area contributed by atoms with Gasteiger partial charge in [-0.15, -0.1) is 11.3 Å². The molecule has 6 rings (SSSR count). The van der Waals surface area contributed by atoms with Crippen molar-refractivity contribution >= 4 is 50.6 Å². The number of benzene rings is 1. The molecule has 2 aliphatic rings. The zero-order valence-electron chi connectivity index (χ0n) is 19.5. The first kappa shape index (κ1) is 22.4. The van der Waals surface area contributed by atoms with E-state index in [0.717, 1.165) is 30.2 Å². The van der Waals surface area contributed by atoms with Gasteiger partial charge in [-0.1, -0.05) is 18.2 Å². The SMILES string of the molecule is Cc1cc(Oc2ccccc2)ncc1N1C(=O)Nc2c(C(=O)NC3CCC(N)C3)sc3nccc1c23. The number of pyridine rings is 2. The lowest BCUT2D eigenvalue weighted by Gasteiger charge is -2.29. The Labute approximate surface area is 211 Å². The van der Waals surface area contributed by atoms with Crippen molar-refractivity contribution < 1.29 is 14.3 Å². The lowest BCUT2D eigenvalue weighted by molar-refractivity contribution is 0.0942. The van der Waals surface area contributed by atoms with Gasteiger partial charge >= 0.3 is 6.03 Å². The number of rotatable bonds is 5. The number of urea groups is 1. The van der Waals surface area contributed by atoms with E-state index in [-0.39, 0.29) is 24.0 Å². The van der Waals surface area contributed by atoms with Crippen LogP contribution >= 0.6 is 11.3 Å². The Balaban J connectivity index is 1.34. The number of carbonyl (C=O) groups excluding carboxylic acids is 2. The summed E-state index contributed by atoms with van der Waals surface area (Å²) in [5.41, 5.74) is 8.57. The van der Waals surface area contributed by atoms with E-state index in [1.807, 2.05) is 37.3 Å². The van der Waals surface area contributed by atoms with Crippen LogP contribution in [0.4, 0.5) is 21.9 Å². The molecule has 1 aliphatic heterocycles. The summed E-state index contributed by atoms with van der Waals surface area (Å²) in [5.74, 6) is 0.894. The van der Waals surface area contributed by atoms with Gasteiger partial charge in [0.05, 0.1) is 28.6 Å². The molecular formula is C26H24N6O3S. The molecule has 36 heavy (non-hydrogen) atoms. The zero-order valence-corrected chi connectivity index (χ0v) is 20.3. The Morgan fingerprint density at radius 3 is 2.78 bits per heavy atom. The fourth-order valence-electron chi connectivity index (χ4n) is 4.80. The van der Waals surface area contributed by atoms with Gasteiger partial charge in [-0.2, -0.15) is 0 Å². The first-order valence-electron chi connectivity index (χ1n) is 11.8. The Kier molecular flexibility index (Phi) is 5.54. The lowest BCUT2D eigenvalue weighted by Crippen LogP contribution is -2.36. The second-order valence-electron chi connectivity index (χ2n) is 9.05. The highest BCUT2D eigenvalue weighted by Gasteiger charge is 2.34. The number of nitrogens with zero attached hydrogens (tertiary/aromatic N) is 3. The molecular weight excluding hydrogens is 476 g/mol. The Hall–Kier alpha value is -4.02. The summed E-state index contributed by atoms with van der Waals surface area (Å²) in [6.45, 7) is 1.90. The van der Waals surface area contributed by atoms with Crippen molar-refractivity contribution in [3.63, 3.8) is 0 Å². The van der Waals surface area contributed by atoms with Crippen LogP contribution in [0.1, 0.15) is 34.5 Å². The maximum Gasteiger partial charge on any atom is 0.331 e. The summed E-state index contributed by atoms with van der Waals surface area (Å²) in [5, 5.41) is 6.74. The molecule has 1 aliphatic carbocycles. The summed E-state index contributed by atoms with van der Waals surface area (Å²) in [6.07, 6.45) is 5.77. The molecule has 0 saturated heterocycles. The highest BCUT2D eigenvalue weighted by atomic mass is 32.1. The number of nitrogens with one attached hydrogen (secondary N) is 2. The second-order valence-corrected chi connectivity index (χ2v) is 10.0. The molecule has 2 atom stereocenters. The van der Waals surface area contributed by atoms with Crippen molar-refractivity contribution in [2.75, 3.05) is 10.2 Å². The molecule has 3 aromatic heterocycles. The van der Waals surface area contributed by atoms with E-state index < -0.39 is 0 Å². The largest absolute Gasteiger partial charge is 0.439 e. The van der Waals surface area contributed by atoms with Crippen LogP contribution in [0.2, 0.25) is 0 Å². The van der Waals surface area contributed by atoms with Gasteiger partial charge in [0.1, 0.15) is 15.5 Å². The molecule has 0 bridgehead atoms. The summed E-state index contributed by atoms with van der Waals surface area (Å²) in [4.78, 5) is 38.1. The minimum atomic E-state index is -0.369. The number of aryl methyl sites for hydroxylation is 1. The number of hydrogen-bond acceptors (Lipinski definition) is 7. The Morgan fingerprint density at radius 1 is 1.19 bits per heavy atom. The van der Waals surface area contributed by atoms with Gasteiger partial charge < -0.3 is 21.1 Å². The third-order valence-electron chi connectivity index (χ3n) is 6.53. The molecule has 0 radical (unpaired) electrons. The number of para-hydroxylation sites is 1. The molecule has 4 aromatic rings. The number of nitrogens with two attached hydrogens (primary N) is 1. The minimum Gasteiger partial charge on any atom is -0.439 e. The van der Waals surface area contributed by atoms with Crippen LogP contribution < -0.4 is 26.0 Å². The van der Waals surface area contributed by atoms with Gasteiger partial charge in [0.15, 0.2) is 0 Å². The number of ether oxygens (including phenoxy) is 1. The van der Waals surface area contributed by atoms with Crippen LogP contribution in [-0.2, 0) is 0 Å². The predicted octanol–water partition coefficient (Wildman–Crippen LogP) is 5.09. The summed E-state index contributed by atoms with van der Waals surface area (Å²) < 4.78 is 5.84. The van der Waals surface area contributed by atoms with Crippen LogP contribution in [0.15, 0.2) is 54.9 Å². The average molecular weight is 501 g/mol. The van der Waals surface area contributed by atoms with Gasteiger partial charge in [0.2, 0.25) is 5.88 Å². The van der Waals surface area contributed by atoms with Gasteiger partial charge in [0, 0.05) is 24.3 Å². The predicted molar refractivity (Wildman–Crippen MR) is 139 cm³/mol. The van der Waals surface area contributed by atoms with Crippen LogP contribution in [0.5, 0.6) is 11.6 Å². The number of amides is 3. The van der Waals surface area contributed by atoms with Crippen molar-refractivity contribution in [2.45, 2.75) is 38.3 Å². The Morgan fingerprint density at radius 2 is 2.03 bits per heavy atom. The first-order chi connectivity index (χ1) is 17.5. The average Bonchev–Trinajstić information content (AvgIpc) is 3.44. The number of anilines is 3. The summed E-state index contributed by atoms with van der Waals surface area (Å²) in [7, 11) is 0. The van der Waals surface area contributed by atoms with E-state index in [0.29, 0.717) is 38.4 Å². The van der Waals surface area contributed by atoms with E-state index in [9.17, 15) is 9.59 Å². The number of carbonyl (C=O) groups is 2. The lowest BCUT2D eigenvalue weighted by atomic mass is 10.1. The topological polar surface area (TPSA) is 122 Å². The molecule has 2 unspecified atom stereocenters. The number of hydrogen-bond donors (Lipinski definition) is 3. The van der Waals surface area contributed by atoms with Crippen molar-refractivity contribution in [3.05, 3.63) is 65.3 Å². The van der Waals surface area contributed by atoms with Crippen molar-refractivity contribution in [3.8, 4) is 11.6 Å². The molecule has 1 fully saturated rings. The van der Waals surface area contributed by atoms with Gasteiger partial charge in [0.25, 0.3) is 5.91 Å². The molecule has 9 nitrogen and oxygen atoms in total. The van der Waals surface area contributed by atoms with Crippen LogP contribution in [0, 0.1) is 6.92 Å². The molecule has 182 valence electrons. The standard InChI is InChI=1S/C26H24N6O3S/c1-14-11-20(35-17-5-3-2-4-6-17)29-13-19(14)32-18-9-10-28-25-21(18)22(31-26(32)34)23(36-25)24(33)30-16-8-7-15(27)12-16/h2-6,9-11,13,15-16H,7-8,12,27H2,1H3,(H,30,33)(H,31,34). The second kappa shape index (κ2) is 8.89. The smallest absolute Gasteiger partial charge is 0.331 e. The summed E-state index contributed by atoms with van der Waals surface area (Å²) >= 11 is 1.27. The Bertz CT molecular complexity index is 1490. The zero-order chi connectivity index (χ0) is 24.8. The molecule has 0 spiro atoms. The number of thiophene rings is 1. The molecule has 4 heterocycles. The van der Waals surface area contributed by atoms with Gasteiger partial charge in [-0.3, -0.25) is 9.69 Å². The van der Waals surface area contributed by atoms with Gasteiger partial charge in [-0.05, 0) is 49.9 Å². The maximum absolute atomic E-state index is 13.4. The quantitative estimate of drug-likeness (QED) is 0.351. The van der Waals surface area contributed by atoms with Crippen LogP contribution in [0.25, 0.3) is 10.2 Å². The highest BCUT2D eigenvalue weighted by Crippen LogP contribution is 2.46. The number of aromatic nitrogens is 2. The fourth-order valence-corrected chi connectivity index (χ4v) is 5.83. The molecule has 1 aromatic carbocycles. The third-order valence-corrected chi connectivity index (χ3v) is 7.62. The van der Waals surface area contributed by atoms with Crippen LogP contribution in [-0.4, -0.2) is 34.0 Å². The van der Waals surface area contributed by atoms with E-state index >= 15 is 0 Å². The van der Waals surface area contributed by atoms with E-state index in [4.69, 9.17) is 10.5 Å². The molecule has 4 N–H and O–H groups in total. The maximum atomic E-state index is 13.4. The summed E-state index contributed by atoms with van der Waals surface area (Å²) in [6, 6.07) is 12.7. The highest BCUT2D eigenvalue weighted by molar-refractivity contribution is 7.21. The van der Waals surface area contributed by atoms with Gasteiger partial charge in [-0.25, -0.2) is 14.8 Å². The van der Waals surface area contributed by atoms with E-state index in [1.165, 1.54) is 11.3 Å². The van der Waals surface area contributed by atoms with Crippen LogP contribution in [0.3, 0.4) is 0 Å². The minimum absolute atomic E-state index is 0.0403. The fraction of sp³-hybridized carbons (Fsp3) is 0.231. The van der Waals surface area contributed by atoms with E-state index in [2.05, 4.69) is 20.6 Å². The van der Waals surface area contributed by atoms with Crippen molar-refractivity contribution in [2.24, 2.45) is 5.73 Å².